The first-order chi connectivity index (χ1) is 9.97. The molecule has 2 nitrogen and oxygen atoms in total. The average molecular weight is 293 g/mol. The smallest absolute Gasteiger partial charge is 0.225 e. The number of halogens is 3. The fourth-order valence-electron chi connectivity index (χ4n) is 1.97. The zero-order valence-electron chi connectivity index (χ0n) is 11.4. The van der Waals surface area contributed by atoms with Gasteiger partial charge in [-0.25, -0.2) is 13.2 Å². The van der Waals surface area contributed by atoms with Crippen LogP contribution in [-0.2, 0) is 11.2 Å². The topological polar surface area (TPSA) is 29.1 Å². The molecule has 21 heavy (non-hydrogen) atoms. The van der Waals surface area contributed by atoms with E-state index >= 15 is 0 Å². The Morgan fingerprint density at radius 1 is 1.05 bits per heavy atom. The van der Waals surface area contributed by atoms with E-state index in [1.165, 1.54) is 18.2 Å². The van der Waals surface area contributed by atoms with Crippen LogP contribution < -0.4 is 5.32 Å². The van der Waals surface area contributed by atoms with E-state index < -0.39 is 29.4 Å². The quantitative estimate of drug-likeness (QED) is 0.918. The van der Waals surface area contributed by atoms with Crippen molar-refractivity contribution in [1.29, 1.82) is 0 Å². The van der Waals surface area contributed by atoms with Crippen LogP contribution in [0.25, 0.3) is 0 Å². The third-order valence-corrected chi connectivity index (χ3v) is 3.13. The number of carbonyl (C=O) groups is 1. The Morgan fingerprint density at radius 2 is 1.76 bits per heavy atom. The van der Waals surface area contributed by atoms with Crippen molar-refractivity contribution in [1.82, 2.24) is 5.32 Å². The van der Waals surface area contributed by atoms with Gasteiger partial charge >= 0.3 is 0 Å². The molecule has 2 aromatic rings. The molecule has 110 valence electrons. The van der Waals surface area contributed by atoms with Crippen molar-refractivity contribution in [2.75, 3.05) is 0 Å². The van der Waals surface area contributed by atoms with Gasteiger partial charge in [0, 0.05) is 0 Å². The normalized spacial score (nSPS) is 12.0. The van der Waals surface area contributed by atoms with E-state index in [-0.39, 0.29) is 12.0 Å². The van der Waals surface area contributed by atoms with Crippen LogP contribution in [0.4, 0.5) is 13.2 Å². The van der Waals surface area contributed by atoms with E-state index in [2.05, 4.69) is 5.32 Å². The molecule has 0 spiro atoms. The highest BCUT2D eigenvalue weighted by Crippen LogP contribution is 2.16. The molecule has 1 atom stereocenters. The summed E-state index contributed by atoms with van der Waals surface area (Å²) >= 11 is 0. The minimum atomic E-state index is -0.970. The molecule has 2 rings (SSSR count). The molecule has 0 aliphatic rings. The van der Waals surface area contributed by atoms with Crippen LogP contribution in [0.2, 0.25) is 0 Å². The highest BCUT2D eigenvalue weighted by Gasteiger charge is 2.13. The number of benzene rings is 2. The number of rotatable bonds is 4. The summed E-state index contributed by atoms with van der Waals surface area (Å²) in [7, 11) is 0. The molecule has 0 bridgehead atoms. The van der Waals surface area contributed by atoms with Crippen LogP contribution in [0.15, 0.2) is 42.5 Å². The molecular formula is C16H14F3NO. The van der Waals surface area contributed by atoms with Gasteiger partial charge in [0.15, 0.2) is 11.6 Å². The van der Waals surface area contributed by atoms with E-state index in [4.69, 9.17) is 0 Å². The number of hydrogen-bond acceptors (Lipinski definition) is 1. The Balaban J connectivity index is 2.02. The first-order valence-corrected chi connectivity index (χ1v) is 6.45. The van der Waals surface area contributed by atoms with Gasteiger partial charge in [0.2, 0.25) is 5.91 Å². The van der Waals surface area contributed by atoms with E-state index in [0.29, 0.717) is 5.56 Å². The molecule has 0 fully saturated rings. The molecule has 0 aliphatic heterocycles. The van der Waals surface area contributed by atoms with E-state index in [1.807, 2.05) is 0 Å². The van der Waals surface area contributed by atoms with Crippen LogP contribution in [-0.4, -0.2) is 5.91 Å². The summed E-state index contributed by atoms with van der Waals surface area (Å²) in [5.74, 6) is -2.75. The molecule has 0 aliphatic carbocycles. The molecule has 2 aromatic carbocycles. The monoisotopic (exact) mass is 293 g/mol. The van der Waals surface area contributed by atoms with Crippen LogP contribution in [0, 0.1) is 17.5 Å². The van der Waals surface area contributed by atoms with Crippen molar-refractivity contribution in [3.05, 3.63) is 71.0 Å². The van der Waals surface area contributed by atoms with Gasteiger partial charge in [-0.05, 0) is 36.2 Å². The summed E-state index contributed by atoms with van der Waals surface area (Å²) in [6.45, 7) is 1.64. The van der Waals surface area contributed by atoms with E-state index in [9.17, 15) is 18.0 Å². The van der Waals surface area contributed by atoms with Crippen LogP contribution in [0.5, 0.6) is 0 Å². The Hall–Kier alpha value is -2.30. The number of hydrogen-bond donors (Lipinski definition) is 1. The fourth-order valence-corrected chi connectivity index (χ4v) is 1.97. The number of carbonyl (C=O) groups excluding carboxylic acids is 1. The summed E-state index contributed by atoms with van der Waals surface area (Å²) in [6, 6.07) is 8.92. The minimum Gasteiger partial charge on any atom is -0.349 e. The zero-order valence-corrected chi connectivity index (χ0v) is 11.4. The lowest BCUT2D eigenvalue weighted by Crippen LogP contribution is -2.28. The third-order valence-electron chi connectivity index (χ3n) is 3.13. The van der Waals surface area contributed by atoms with Gasteiger partial charge in [-0.15, -0.1) is 0 Å². The second-order valence-corrected chi connectivity index (χ2v) is 4.73. The van der Waals surface area contributed by atoms with Crippen molar-refractivity contribution in [2.45, 2.75) is 19.4 Å². The molecule has 0 aromatic heterocycles. The third kappa shape index (κ3) is 3.84. The standard InChI is InChI=1S/C16H14F3NO/c1-10(11-6-7-14(18)15(19)8-11)20-16(21)9-12-4-2-3-5-13(12)17/h2-8,10H,9H2,1H3,(H,20,21). The van der Waals surface area contributed by atoms with Gasteiger partial charge in [0.25, 0.3) is 0 Å². The molecule has 1 unspecified atom stereocenters. The maximum atomic E-state index is 13.4. The molecule has 0 saturated carbocycles. The average Bonchev–Trinajstić information content (AvgIpc) is 2.44. The summed E-state index contributed by atoms with van der Waals surface area (Å²) in [6.07, 6.45) is -0.110. The summed E-state index contributed by atoms with van der Waals surface area (Å²) in [5.41, 5.74) is 0.725. The molecule has 0 heterocycles. The van der Waals surface area contributed by atoms with Gasteiger partial charge in [-0.3, -0.25) is 4.79 Å². The predicted octanol–water partition coefficient (Wildman–Crippen LogP) is 3.52. The van der Waals surface area contributed by atoms with Gasteiger partial charge in [-0.2, -0.15) is 0 Å². The minimum absolute atomic E-state index is 0.110. The largest absolute Gasteiger partial charge is 0.349 e. The maximum absolute atomic E-state index is 13.4. The first kappa shape index (κ1) is 15.1. The van der Waals surface area contributed by atoms with Gasteiger partial charge in [0.05, 0.1) is 12.5 Å². The summed E-state index contributed by atoms with van der Waals surface area (Å²) in [4.78, 5) is 11.9. The lowest BCUT2D eigenvalue weighted by atomic mass is 10.1. The highest BCUT2D eigenvalue weighted by molar-refractivity contribution is 5.79. The molecule has 0 radical (unpaired) electrons. The molecule has 1 amide bonds. The van der Waals surface area contributed by atoms with Crippen LogP contribution >= 0.6 is 0 Å². The Bertz CT molecular complexity index is 658. The van der Waals surface area contributed by atoms with E-state index in [0.717, 1.165) is 12.1 Å². The summed E-state index contributed by atoms with van der Waals surface area (Å²) < 4.78 is 39.4. The SMILES string of the molecule is CC(NC(=O)Cc1ccccc1F)c1ccc(F)c(F)c1. The molecular weight excluding hydrogens is 279 g/mol. The van der Waals surface area contributed by atoms with Crippen molar-refractivity contribution < 1.29 is 18.0 Å². The van der Waals surface area contributed by atoms with Crippen molar-refractivity contribution in [3.63, 3.8) is 0 Å². The lowest BCUT2D eigenvalue weighted by molar-refractivity contribution is -0.121. The zero-order chi connectivity index (χ0) is 15.4. The Kier molecular flexibility index (Phi) is 4.62. The summed E-state index contributed by atoms with van der Waals surface area (Å²) in [5, 5.41) is 2.62. The molecule has 0 saturated heterocycles. The Morgan fingerprint density at radius 3 is 2.43 bits per heavy atom. The lowest BCUT2D eigenvalue weighted by Gasteiger charge is -2.14. The van der Waals surface area contributed by atoms with Crippen LogP contribution in [0.3, 0.4) is 0 Å². The molecule has 5 heteroatoms. The first-order valence-electron chi connectivity index (χ1n) is 6.45. The van der Waals surface area contributed by atoms with Gasteiger partial charge in [0.1, 0.15) is 5.82 Å². The second-order valence-electron chi connectivity index (χ2n) is 4.73. The van der Waals surface area contributed by atoms with Crippen LogP contribution in [0.1, 0.15) is 24.1 Å². The van der Waals surface area contributed by atoms with Crippen molar-refractivity contribution >= 4 is 5.91 Å². The Labute approximate surface area is 120 Å². The van der Waals surface area contributed by atoms with Crippen molar-refractivity contribution in [2.24, 2.45) is 0 Å². The number of amides is 1. The van der Waals surface area contributed by atoms with Gasteiger partial charge < -0.3 is 5.32 Å². The van der Waals surface area contributed by atoms with Gasteiger partial charge in [-0.1, -0.05) is 24.3 Å². The second kappa shape index (κ2) is 6.43. The number of nitrogens with one attached hydrogen (secondary N) is 1. The fraction of sp³-hybridized carbons (Fsp3) is 0.188. The predicted molar refractivity (Wildman–Crippen MR) is 73.0 cm³/mol. The van der Waals surface area contributed by atoms with Crippen molar-refractivity contribution in [3.8, 4) is 0 Å². The maximum Gasteiger partial charge on any atom is 0.225 e. The molecule has 1 N–H and O–H groups in total. The highest BCUT2D eigenvalue weighted by atomic mass is 19.2. The van der Waals surface area contributed by atoms with E-state index in [1.54, 1.807) is 19.1 Å².